The number of hydrogen-bond acceptors (Lipinski definition) is 3. The second-order valence-corrected chi connectivity index (χ2v) is 13.1. The standard InChI is InChI=1S/C34H46N2.C8H12S/c1-7-14-30-24-31(18-17-29(30)8-2)32-16-15-27(5)33(25-32)34(23-26(3)4)28(6)35-19-10-9-11-20-36-21-12-13-22-36;1-2-7-5-3-4-6-8(7)9/h8,15-18,23-25,35H,2-3,6-7,9-14,19-22H2,1,4-5H3;3,5,9H,2,4,6H2,1H3/b34-23-;. The molecule has 1 aliphatic carbocycles. The molecule has 2 nitrogen and oxygen atoms in total. The number of benzene rings is 2. The zero-order valence-electron chi connectivity index (χ0n) is 28.7. The third kappa shape index (κ3) is 11.7. The van der Waals surface area contributed by atoms with Crippen LogP contribution in [0.25, 0.3) is 22.8 Å². The van der Waals surface area contributed by atoms with Crippen LogP contribution in [-0.2, 0) is 6.42 Å². The van der Waals surface area contributed by atoms with Gasteiger partial charge in [-0.1, -0.05) is 101 Å². The minimum Gasteiger partial charge on any atom is -0.385 e. The number of rotatable bonds is 15. The molecule has 0 saturated carbocycles. The van der Waals surface area contributed by atoms with E-state index in [1.54, 1.807) is 0 Å². The lowest BCUT2D eigenvalue weighted by atomic mass is 9.91. The molecule has 4 rings (SSSR count). The Hall–Kier alpha value is -3.01. The summed E-state index contributed by atoms with van der Waals surface area (Å²) in [5.41, 5.74) is 12.1. The summed E-state index contributed by atoms with van der Waals surface area (Å²) in [6, 6.07) is 13.5. The van der Waals surface area contributed by atoms with E-state index < -0.39 is 0 Å². The molecule has 0 radical (unpaired) electrons. The van der Waals surface area contributed by atoms with Crippen LogP contribution in [-0.4, -0.2) is 31.1 Å². The number of unbranched alkanes of at least 4 members (excludes halogenated alkanes) is 2. The number of aryl methyl sites for hydroxylation is 2. The van der Waals surface area contributed by atoms with Crippen LogP contribution in [0.4, 0.5) is 0 Å². The van der Waals surface area contributed by atoms with Gasteiger partial charge in [0.05, 0.1) is 0 Å². The smallest absolute Gasteiger partial charge is 0.0347 e. The Balaban J connectivity index is 0.000000525. The lowest BCUT2D eigenvalue weighted by Gasteiger charge is -2.18. The molecule has 0 amide bonds. The van der Waals surface area contributed by atoms with E-state index in [2.05, 4.69) is 125 Å². The van der Waals surface area contributed by atoms with Crippen molar-refractivity contribution < 1.29 is 0 Å². The van der Waals surface area contributed by atoms with Gasteiger partial charge in [-0.3, -0.25) is 0 Å². The highest BCUT2D eigenvalue weighted by molar-refractivity contribution is 7.84. The molecule has 0 bridgehead atoms. The van der Waals surface area contributed by atoms with Gasteiger partial charge in [0, 0.05) is 17.8 Å². The summed E-state index contributed by atoms with van der Waals surface area (Å²) in [5.74, 6) is 0. The predicted molar refractivity (Wildman–Crippen MR) is 205 cm³/mol. The number of thiol groups is 1. The number of likely N-dealkylation sites (tertiary alicyclic amines) is 1. The fraction of sp³-hybridized carbons (Fsp3) is 0.429. The van der Waals surface area contributed by atoms with E-state index in [0.717, 1.165) is 49.1 Å². The summed E-state index contributed by atoms with van der Waals surface area (Å²) in [6.07, 6.45) is 20.6. The Morgan fingerprint density at radius 1 is 1.00 bits per heavy atom. The van der Waals surface area contributed by atoms with Crippen LogP contribution < -0.4 is 5.32 Å². The lowest BCUT2D eigenvalue weighted by Crippen LogP contribution is -2.21. The molecular weight excluding hydrogens is 565 g/mol. The maximum atomic E-state index is 4.43. The summed E-state index contributed by atoms with van der Waals surface area (Å²) >= 11 is 4.36. The van der Waals surface area contributed by atoms with Crippen LogP contribution in [0.2, 0.25) is 0 Å². The molecule has 1 aliphatic heterocycles. The molecule has 0 unspecified atom stereocenters. The normalized spacial score (nSPS) is 15.1. The van der Waals surface area contributed by atoms with Crippen LogP contribution in [0.15, 0.2) is 96.1 Å². The maximum Gasteiger partial charge on any atom is 0.0347 e. The Bertz CT molecular complexity index is 1380. The van der Waals surface area contributed by atoms with E-state index in [1.165, 1.54) is 102 Å². The Morgan fingerprint density at radius 3 is 2.38 bits per heavy atom. The third-order valence-electron chi connectivity index (χ3n) is 8.77. The number of nitrogens with zero attached hydrogens (tertiary/aromatic N) is 1. The zero-order chi connectivity index (χ0) is 32.6. The summed E-state index contributed by atoms with van der Waals surface area (Å²) in [5, 5.41) is 3.61. The first-order valence-electron chi connectivity index (χ1n) is 17.2. The Kier molecular flexibility index (Phi) is 15.8. The topological polar surface area (TPSA) is 15.3 Å². The fourth-order valence-electron chi connectivity index (χ4n) is 6.14. The van der Waals surface area contributed by atoms with Gasteiger partial charge >= 0.3 is 0 Å². The maximum absolute atomic E-state index is 4.43. The van der Waals surface area contributed by atoms with E-state index >= 15 is 0 Å². The minimum atomic E-state index is 0.953. The SMILES string of the molecule is C=Cc1ccc(-c2ccc(C)c(/C(=C\C(=C)C)C(=C)NCCCCCN3CCCC3)c2)cc1CCC.CCC1=C(S)CCC=C1. The summed E-state index contributed by atoms with van der Waals surface area (Å²) < 4.78 is 0. The summed E-state index contributed by atoms with van der Waals surface area (Å²) in [6.45, 7) is 26.0. The molecule has 2 aromatic rings. The molecule has 242 valence electrons. The summed E-state index contributed by atoms with van der Waals surface area (Å²) in [7, 11) is 0. The van der Waals surface area contributed by atoms with Gasteiger partial charge in [0.15, 0.2) is 0 Å². The second-order valence-electron chi connectivity index (χ2n) is 12.6. The Morgan fingerprint density at radius 2 is 1.73 bits per heavy atom. The molecule has 0 atom stereocenters. The van der Waals surface area contributed by atoms with E-state index in [1.807, 2.05) is 6.08 Å². The highest BCUT2D eigenvalue weighted by Gasteiger charge is 2.13. The van der Waals surface area contributed by atoms with Crippen molar-refractivity contribution >= 4 is 24.3 Å². The number of allylic oxidation sites excluding steroid dienone is 7. The van der Waals surface area contributed by atoms with Crippen LogP contribution in [0.3, 0.4) is 0 Å². The van der Waals surface area contributed by atoms with Crippen molar-refractivity contribution in [3.63, 3.8) is 0 Å². The molecule has 1 heterocycles. The summed E-state index contributed by atoms with van der Waals surface area (Å²) in [4.78, 5) is 3.88. The van der Waals surface area contributed by atoms with Gasteiger partial charge in [0.2, 0.25) is 0 Å². The van der Waals surface area contributed by atoms with E-state index in [0.29, 0.717) is 0 Å². The van der Waals surface area contributed by atoms with Crippen LogP contribution in [0, 0.1) is 6.92 Å². The van der Waals surface area contributed by atoms with Gasteiger partial charge in [-0.05, 0) is 141 Å². The van der Waals surface area contributed by atoms with Crippen molar-refractivity contribution in [3.05, 3.63) is 118 Å². The van der Waals surface area contributed by atoms with Gasteiger partial charge < -0.3 is 10.2 Å². The van der Waals surface area contributed by atoms with Crippen LogP contribution in [0.5, 0.6) is 0 Å². The molecule has 1 N–H and O–H groups in total. The van der Waals surface area contributed by atoms with Crippen molar-refractivity contribution in [2.75, 3.05) is 26.2 Å². The van der Waals surface area contributed by atoms with Crippen molar-refractivity contribution in [2.24, 2.45) is 0 Å². The minimum absolute atomic E-state index is 0.953. The first-order chi connectivity index (χ1) is 21.8. The van der Waals surface area contributed by atoms with Gasteiger partial charge in [-0.15, -0.1) is 12.6 Å². The monoisotopic (exact) mass is 622 g/mol. The molecule has 45 heavy (non-hydrogen) atoms. The average molecular weight is 623 g/mol. The molecule has 1 saturated heterocycles. The molecule has 1 fully saturated rings. The van der Waals surface area contributed by atoms with Crippen molar-refractivity contribution in [1.29, 1.82) is 0 Å². The van der Waals surface area contributed by atoms with Crippen LogP contribution in [0.1, 0.15) is 101 Å². The molecular formula is C42H58N2S. The molecule has 2 aliphatic rings. The van der Waals surface area contributed by atoms with Crippen molar-refractivity contribution in [3.8, 4) is 11.1 Å². The molecule has 0 aromatic heterocycles. The first kappa shape index (κ1) is 36.5. The largest absolute Gasteiger partial charge is 0.385 e. The third-order valence-corrected chi connectivity index (χ3v) is 9.28. The molecule has 3 heteroatoms. The van der Waals surface area contributed by atoms with Gasteiger partial charge in [-0.2, -0.15) is 0 Å². The average Bonchev–Trinajstić information content (AvgIpc) is 3.56. The van der Waals surface area contributed by atoms with Crippen molar-refractivity contribution in [1.82, 2.24) is 10.2 Å². The zero-order valence-corrected chi connectivity index (χ0v) is 29.6. The molecule has 0 spiro atoms. The van der Waals surface area contributed by atoms with Crippen LogP contribution >= 0.6 is 12.6 Å². The lowest BCUT2D eigenvalue weighted by molar-refractivity contribution is 0.328. The highest BCUT2D eigenvalue weighted by Crippen LogP contribution is 2.31. The predicted octanol–water partition coefficient (Wildman–Crippen LogP) is 11.5. The highest BCUT2D eigenvalue weighted by atomic mass is 32.1. The number of nitrogens with one attached hydrogen (secondary N) is 1. The quantitative estimate of drug-likeness (QED) is 0.117. The van der Waals surface area contributed by atoms with E-state index in [4.69, 9.17) is 0 Å². The first-order valence-corrected chi connectivity index (χ1v) is 17.7. The van der Waals surface area contributed by atoms with Gasteiger partial charge in [0.1, 0.15) is 0 Å². The second kappa shape index (κ2) is 19.5. The Labute approximate surface area is 281 Å². The van der Waals surface area contributed by atoms with Crippen molar-refractivity contribution in [2.45, 2.75) is 91.9 Å². The number of hydrogen-bond donors (Lipinski definition) is 2. The van der Waals surface area contributed by atoms with E-state index in [-0.39, 0.29) is 0 Å². The fourth-order valence-corrected chi connectivity index (χ4v) is 6.50. The molecule has 2 aromatic carbocycles. The van der Waals surface area contributed by atoms with Gasteiger partial charge in [-0.25, -0.2) is 0 Å². The van der Waals surface area contributed by atoms with Gasteiger partial charge in [0.25, 0.3) is 0 Å². The van der Waals surface area contributed by atoms with E-state index in [9.17, 15) is 0 Å².